The first kappa shape index (κ1) is 12.1. The number of rotatable bonds is 1. The molecule has 0 bridgehead atoms. The van der Waals surface area contributed by atoms with E-state index in [4.69, 9.17) is 5.26 Å². The second-order valence-corrected chi connectivity index (χ2v) is 3.98. The highest BCUT2D eigenvalue weighted by molar-refractivity contribution is 8.13. The maximum Gasteiger partial charge on any atom is 0.265 e. The van der Waals surface area contributed by atoms with E-state index in [1.807, 2.05) is 0 Å². The summed E-state index contributed by atoms with van der Waals surface area (Å²) in [7, 11) is 0. The average Bonchev–Trinajstić information content (AvgIpc) is 2.26. The van der Waals surface area contributed by atoms with Gasteiger partial charge >= 0.3 is 0 Å². The molecule has 0 unspecified atom stereocenters. The van der Waals surface area contributed by atoms with Crippen LogP contribution in [0.3, 0.4) is 0 Å². The van der Waals surface area contributed by atoms with Gasteiger partial charge in [0.05, 0.1) is 5.75 Å². The number of thioether (sulfide) groups is 1. The fraction of sp³-hybridized carbons (Fsp3) is 0.182. The van der Waals surface area contributed by atoms with Gasteiger partial charge in [-0.15, -0.1) is 0 Å². The summed E-state index contributed by atoms with van der Waals surface area (Å²) >= 11 is 1.11. The molecule has 0 fully saturated rings. The van der Waals surface area contributed by atoms with E-state index in [2.05, 4.69) is 16.8 Å². The molecular formula is C11H8N2O2S. The third-order valence-corrected chi connectivity index (χ3v) is 2.30. The second kappa shape index (κ2) is 5.79. The van der Waals surface area contributed by atoms with Crippen molar-refractivity contribution in [2.45, 2.75) is 6.92 Å². The summed E-state index contributed by atoms with van der Waals surface area (Å²) in [5, 5.41) is 8.63. The molecule has 1 N–H and O–H groups in total. The minimum Gasteiger partial charge on any atom is -0.327 e. The van der Waals surface area contributed by atoms with Crippen molar-refractivity contribution >= 4 is 16.9 Å². The van der Waals surface area contributed by atoms with Gasteiger partial charge in [-0.2, -0.15) is 5.26 Å². The van der Waals surface area contributed by atoms with Gasteiger partial charge in [-0.05, 0) is 6.07 Å². The van der Waals surface area contributed by atoms with E-state index in [1.165, 1.54) is 19.2 Å². The van der Waals surface area contributed by atoms with E-state index in [9.17, 15) is 9.59 Å². The number of H-pyrrole nitrogens is 1. The Morgan fingerprint density at radius 1 is 1.62 bits per heavy atom. The molecule has 1 rings (SSSR count). The predicted octanol–water partition coefficient (Wildman–Crippen LogP) is 0.878. The van der Waals surface area contributed by atoms with Gasteiger partial charge in [0, 0.05) is 18.7 Å². The molecule has 80 valence electrons. The Morgan fingerprint density at radius 2 is 2.38 bits per heavy atom. The third kappa shape index (κ3) is 3.64. The molecule has 0 aliphatic rings. The van der Waals surface area contributed by atoms with Crippen LogP contribution in [-0.4, -0.2) is 15.9 Å². The average molecular weight is 232 g/mol. The summed E-state index contributed by atoms with van der Waals surface area (Å²) in [6, 6.07) is 3.19. The predicted molar refractivity (Wildman–Crippen MR) is 61.8 cm³/mol. The molecule has 0 aromatic carbocycles. The van der Waals surface area contributed by atoms with Gasteiger partial charge in [0.15, 0.2) is 5.12 Å². The summed E-state index contributed by atoms with van der Waals surface area (Å²) in [5.41, 5.74) is 0.164. The monoisotopic (exact) mass is 232 g/mol. The second-order valence-electron chi connectivity index (χ2n) is 2.82. The van der Waals surface area contributed by atoms with Crippen molar-refractivity contribution in [2.24, 2.45) is 0 Å². The third-order valence-electron chi connectivity index (χ3n) is 1.60. The van der Waals surface area contributed by atoms with Gasteiger partial charge in [-0.1, -0.05) is 23.6 Å². The van der Waals surface area contributed by atoms with Crippen molar-refractivity contribution in [3.05, 3.63) is 33.7 Å². The molecule has 0 saturated heterocycles. The molecule has 1 aromatic rings. The smallest absolute Gasteiger partial charge is 0.265 e. The number of hydrogen-bond donors (Lipinski definition) is 1. The van der Waals surface area contributed by atoms with Crippen LogP contribution in [0.15, 0.2) is 17.1 Å². The van der Waals surface area contributed by atoms with Gasteiger partial charge in [-0.25, -0.2) is 0 Å². The first-order valence-electron chi connectivity index (χ1n) is 4.38. The van der Waals surface area contributed by atoms with Gasteiger partial charge in [0.25, 0.3) is 5.56 Å². The summed E-state index contributed by atoms with van der Waals surface area (Å²) < 4.78 is 0. The zero-order chi connectivity index (χ0) is 12.0. The number of nitrogens with zero attached hydrogens (tertiary/aromatic N) is 1. The highest BCUT2D eigenvalue weighted by atomic mass is 32.2. The molecule has 0 aliphatic carbocycles. The SMILES string of the molecule is CC(=O)SCC#Cc1c[nH]c(=O)c(C#N)c1. The van der Waals surface area contributed by atoms with Crippen LogP contribution >= 0.6 is 11.8 Å². The summed E-state index contributed by atoms with van der Waals surface area (Å²) in [4.78, 5) is 24.1. The Bertz CT molecular complexity index is 558. The van der Waals surface area contributed by atoms with E-state index in [-0.39, 0.29) is 10.7 Å². The molecule has 0 radical (unpaired) electrons. The Balaban J connectivity index is 2.79. The lowest BCUT2D eigenvalue weighted by Crippen LogP contribution is -2.09. The highest BCUT2D eigenvalue weighted by Gasteiger charge is 1.97. The number of pyridine rings is 1. The maximum absolute atomic E-state index is 11.0. The van der Waals surface area contributed by atoms with Crippen molar-refractivity contribution in [3.8, 4) is 17.9 Å². The molecular weight excluding hydrogens is 224 g/mol. The van der Waals surface area contributed by atoms with Crippen molar-refractivity contribution in [1.82, 2.24) is 4.98 Å². The zero-order valence-electron chi connectivity index (χ0n) is 8.53. The number of hydrogen-bond acceptors (Lipinski definition) is 4. The Hall–Kier alpha value is -1.98. The molecule has 0 atom stereocenters. The molecule has 0 amide bonds. The standard InChI is InChI=1S/C11H8N2O2S/c1-8(14)16-4-2-3-9-5-10(6-12)11(15)13-7-9/h5,7H,4H2,1H3,(H,13,15). The van der Waals surface area contributed by atoms with E-state index in [1.54, 1.807) is 6.07 Å². The first-order valence-corrected chi connectivity index (χ1v) is 5.37. The quantitative estimate of drug-likeness (QED) is 0.729. The first-order chi connectivity index (χ1) is 7.63. The van der Waals surface area contributed by atoms with Gasteiger partial charge in [0.2, 0.25) is 0 Å². The molecule has 1 heterocycles. The van der Waals surface area contributed by atoms with Crippen LogP contribution in [0.5, 0.6) is 0 Å². The number of aromatic nitrogens is 1. The number of aromatic amines is 1. The molecule has 5 heteroatoms. The summed E-state index contributed by atoms with van der Waals surface area (Å²) in [6.07, 6.45) is 1.44. The zero-order valence-corrected chi connectivity index (χ0v) is 9.35. The highest BCUT2D eigenvalue weighted by Crippen LogP contribution is 1.99. The minimum atomic E-state index is -0.425. The maximum atomic E-state index is 11.0. The van der Waals surface area contributed by atoms with Crippen LogP contribution in [0.2, 0.25) is 0 Å². The van der Waals surface area contributed by atoms with Crippen LogP contribution < -0.4 is 5.56 Å². The van der Waals surface area contributed by atoms with Crippen LogP contribution in [0, 0.1) is 23.2 Å². The normalized spacial score (nSPS) is 8.75. The Morgan fingerprint density at radius 3 is 3.00 bits per heavy atom. The molecule has 16 heavy (non-hydrogen) atoms. The lowest BCUT2D eigenvalue weighted by Gasteiger charge is -1.90. The molecule has 0 saturated carbocycles. The molecule has 0 aliphatic heterocycles. The Labute approximate surface area is 96.7 Å². The number of carbonyl (C=O) groups is 1. The fourth-order valence-corrected chi connectivity index (χ4v) is 1.26. The fourth-order valence-electron chi connectivity index (χ4n) is 0.915. The van der Waals surface area contributed by atoms with Gasteiger partial charge in [0.1, 0.15) is 11.6 Å². The van der Waals surface area contributed by atoms with E-state index < -0.39 is 5.56 Å². The van der Waals surface area contributed by atoms with Crippen LogP contribution in [0.1, 0.15) is 18.1 Å². The Kier molecular flexibility index (Phi) is 4.38. The van der Waals surface area contributed by atoms with Crippen molar-refractivity contribution in [3.63, 3.8) is 0 Å². The number of nitriles is 1. The van der Waals surface area contributed by atoms with E-state index >= 15 is 0 Å². The number of carbonyl (C=O) groups excluding carboxylic acids is 1. The lowest BCUT2D eigenvalue weighted by molar-refractivity contribution is -0.109. The molecule has 4 nitrogen and oxygen atoms in total. The van der Waals surface area contributed by atoms with Crippen molar-refractivity contribution in [1.29, 1.82) is 5.26 Å². The van der Waals surface area contributed by atoms with Crippen LogP contribution in [0.25, 0.3) is 0 Å². The summed E-state index contributed by atoms with van der Waals surface area (Å²) in [6.45, 7) is 1.47. The lowest BCUT2D eigenvalue weighted by atomic mass is 10.2. The van der Waals surface area contributed by atoms with Crippen LogP contribution in [0.4, 0.5) is 0 Å². The topological polar surface area (TPSA) is 73.7 Å². The summed E-state index contributed by atoms with van der Waals surface area (Å²) in [5.74, 6) is 5.92. The largest absolute Gasteiger partial charge is 0.327 e. The minimum absolute atomic E-state index is 0.00785. The van der Waals surface area contributed by atoms with Gasteiger partial charge in [-0.3, -0.25) is 9.59 Å². The van der Waals surface area contributed by atoms with Crippen LogP contribution in [-0.2, 0) is 4.79 Å². The molecule has 1 aromatic heterocycles. The van der Waals surface area contributed by atoms with Crippen molar-refractivity contribution < 1.29 is 4.79 Å². The van der Waals surface area contributed by atoms with E-state index in [0.29, 0.717) is 11.3 Å². The molecule has 0 spiro atoms. The van der Waals surface area contributed by atoms with E-state index in [0.717, 1.165) is 11.8 Å². The van der Waals surface area contributed by atoms with Crippen molar-refractivity contribution in [2.75, 3.05) is 5.75 Å². The number of nitrogens with one attached hydrogen (secondary N) is 1. The van der Waals surface area contributed by atoms with Gasteiger partial charge < -0.3 is 4.98 Å².